The summed E-state index contributed by atoms with van der Waals surface area (Å²) in [5, 5.41) is 0.921. The summed E-state index contributed by atoms with van der Waals surface area (Å²) in [6.45, 7) is 3.61. The minimum atomic E-state index is -0.348. The summed E-state index contributed by atoms with van der Waals surface area (Å²) in [5.74, 6) is -0.348. The van der Waals surface area contributed by atoms with E-state index in [0.717, 1.165) is 22.3 Å². The van der Waals surface area contributed by atoms with E-state index in [9.17, 15) is 4.79 Å². The van der Waals surface area contributed by atoms with Gasteiger partial charge in [-0.05, 0) is 31.6 Å². The molecule has 19 heavy (non-hydrogen) atoms. The highest BCUT2D eigenvalue weighted by molar-refractivity contribution is 5.95. The number of methoxy groups -OCH3 is 1. The van der Waals surface area contributed by atoms with Crippen molar-refractivity contribution in [2.75, 3.05) is 7.11 Å². The molecule has 0 amide bonds. The van der Waals surface area contributed by atoms with Crippen LogP contribution in [0, 0.1) is 0 Å². The minimum Gasteiger partial charge on any atom is -0.466 e. The Balaban J connectivity index is 2.49. The van der Waals surface area contributed by atoms with Crippen LogP contribution in [-0.2, 0) is 9.53 Å². The molecule has 1 N–H and O–H groups in total. The average Bonchev–Trinajstić information content (AvgIpc) is 2.91. The molecule has 0 saturated carbocycles. The van der Waals surface area contributed by atoms with Crippen molar-refractivity contribution in [2.45, 2.75) is 13.8 Å². The van der Waals surface area contributed by atoms with E-state index < -0.39 is 0 Å². The predicted molar refractivity (Wildman–Crippen MR) is 73.3 cm³/mol. The third-order valence-corrected chi connectivity index (χ3v) is 2.82. The van der Waals surface area contributed by atoms with Crippen molar-refractivity contribution in [2.24, 2.45) is 0 Å². The molecule has 98 valence electrons. The molecule has 2 heterocycles. The molecule has 0 aliphatic rings. The Morgan fingerprint density at radius 2 is 2.21 bits per heavy atom. The van der Waals surface area contributed by atoms with E-state index in [4.69, 9.17) is 4.74 Å². The molecule has 0 radical (unpaired) electrons. The molecule has 5 nitrogen and oxygen atoms in total. The van der Waals surface area contributed by atoms with Gasteiger partial charge in [-0.3, -0.25) is 0 Å². The topological polar surface area (TPSA) is 67.9 Å². The normalized spacial score (nSPS) is 12.8. The van der Waals surface area contributed by atoms with E-state index in [1.165, 1.54) is 13.4 Å². The number of hydrogen-bond donors (Lipinski definition) is 1. The molecule has 2 rings (SSSR count). The van der Waals surface area contributed by atoms with Gasteiger partial charge in [0.15, 0.2) is 0 Å². The molecule has 0 atom stereocenters. The molecule has 2 aromatic heterocycles. The number of H-pyrrole nitrogens is 1. The van der Waals surface area contributed by atoms with Gasteiger partial charge in [-0.2, -0.15) is 0 Å². The highest BCUT2D eigenvalue weighted by Gasteiger charge is 2.10. The first-order valence-electron chi connectivity index (χ1n) is 5.88. The number of aromatic amines is 1. The first-order valence-corrected chi connectivity index (χ1v) is 5.88. The van der Waals surface area contributed by atoms with E-state index in [2.05, 4.69) is 15.0 Å². The maximum absolute atomic E-state index is 11.5. The van der Waals surface area contributed by atoms with Crippen LogP contribution in [0.15, 0.2) is 36.3 Å². The molecule has 0 fully saturated rings. The molecule has 0 aliphatic heterocycles. The Morgan fingerprint density at radius 3 is 2.89 bits per heavy atom. The fourth-order valence-corrected chi connectivity index (χ4v) is 1.84. The second-order valence-electron chi connectivity index (χ2n) is 4.03. The summed E-state index contributed by atoms with van der Waals surface area (Å²) in [5.41, 5.74) is 2.94. The number of esters is 1. The van der Waals surface area contributed by atoms with Gasteiger partial charge < -0.3 is 9.72 Å². The van der Waals surface area contributed by atoms with Crippen molar-refractivity contribution in [1.82, 2.24) is 15.0 Å². The van der Waals surface area contributed by atoms with Crippen LogP contribution in [0.1, 0.15) is 19.5 Å². The van der Waals surface area contributed by atoms with Crippen LogP contribution in [0.3, 0.4) is 0 Å². The monoisotopic (exact) mass is 257 g/mol. The smallest absolute Gasteiger partial charge is 0.333 e. The zero-order valence-electron chi connectivity index (χ0n) is 11.1. The molecule has 0 spiro atoms. The number of ether oxygens (including phenoxy) is 1. The maximum Gasteiger partial charge on any atom is 0.333 e. The first-order chi connectivity index (χ1) is 9.17. The highest BCUT2D eigenvalue weighted by atomic mass is 16.5. The van der Waals surface area contributed by atoms with Gasteiger partial charge in [0, 0.05) is 17.2 Å². The van der Waals surface area contributed by atoms with E-state index in [-0.39, 0.29) is 5.97 Å². The van der Waals surface area contributed by atoms with Crippen LogP contribution >= 0.6 is 0 Å². The van der Waals surface area contributed by atoms with E-state index in [1.54, 1.807) is 13.0 Å². The highest BCUT2D eigenvalue weighted by Crippen LogP contribution is 2.23. The minimum absolute atomic E-state index is 0.348. The Hall–Kier alpha value is -2.43. The van der Waals surface area contributed by atoms with Crippen LogP contribution in [0.5, 0.6) is 0 Å². The molecular weight excluding hydrogens is 242 g/mol. The SMILES string of the molecule is C/C=C(\C=C(/C)C(=O)OC)c1ncnc2[nH]ccc12. The number of hydrogen-bond acceptors (Lipinski definition) is 4. The van der Waals surface area contributed by atoms with Gasteiger partial charge in [0.05, 0.1) is 12.8 Å². The quantitative estimate of drug-likeness (QED) is 0.521. The lowest BCUT2D eigenvalue weighted by molar-refractivity contribution is -0.136. The number of carbonyl (C=O) groups excluding carboxylic acids is 1. The number of fused-ring (bicyclic) bond motifs is 1. The lowest BCUT2D eigenvalue weighted by Crippen LogP contribution is -2.02. The van der Waals surface area contributed by atoms with E-state index >= 15 is 0 Å². The number of carbonyl (C=O) groups is 1. The summed E-state index contributed by atoms with van der Waals surface area (Å²) in [4.78, 5) is 22.9. The van der Waals surface area contributed by atoms with Crippen molar-refractivity contribution >= 4 is 22.6 Å². The zero-order chi connectivity index (χ0) is 13.8. The van der Waals surface area contributed by atoms with Crippen molar-refractivity contribution in [1.29, 1.82) is 0 Å². The Bertz CT molecular complexity index is 668. The molecule has 2 aromatic rings. The summed E-state index contributed by atoms with van der Waals surface area (Å²) < 4.78 is 4.69. The fraction of sp³-hybridized carbons (Fsp3) is 0.214. The number of rotatable bonds is 3. The first kappa shape index (κ1) is 13.0. The second kappa shape index (κ2) is 5.48. The van der Waals surface area contributed by atoms with Crippen LogP contribution in [0.25, 0.3) is 16.6 Å². The van der Waals surface area contributed by atoms with Crippen LogP contribution in [0.2, 0.25) is 0 Å². The van der Waals surface area contributed by atoms with Crippen molar-refractivity contribution in [3.05, 3.63) is 42.0 Å². The van der Waals surface area contributed by atoms with Crippen LogP contribution in [-0.4, -0.2) is 28.0 Å². The van der Waals surface area contributed by atoms with Crippen LogP contribution < -0.4 is 0 Å². The molecule has 0 saturated heterocycles. The zero-order valence-corrected chi connectivity index (χ0v) is 11.1. The summed E-state index contributed by atoms with van der Waals surface area (Å²) in [7, 11) is 1.37. The summed E-state index contributed by atoms with van der Waals surface area (Å²) in [6.07, 6.45) is 6.98. The third kappa shape index (κ3) is 2.54. The number of nitrogens with one attached hydrogen (secondary N) is 1. The van der Waals surface area contributed by atoms with Crippen molar-refractivity contribution in [3.8, 4) is 0 Å². The molecule has 5 heteroatoms. The van der Waals surface area contributed by atoms with E-state index in [1.807, 2.05) is 25.3 Å². The molecular formula is C14H15N3O2. The van der Waals surface area contributed by atoms with Gasteiger partial charge in [0.1, 0.15) is 12.0 Å². The van der Waals surface area contributed by atoms with Gasteiger partial charge >= 0.3 is 5.97 Å². The third-order valence-electron chi connectivity index (χ3n) is 2.82. The number of nitrogens with zero attached hydrogens (tertiary/aromatic N) is 2. The van der Waals surface area contributed by atoms with Crippen molar-refractivity contribution in [3.63, 3.8) is 0 Å². The number of allylic oxidation sites excluding steroid dienone is 3. The Morgan fingerprint density at radius 1 is 1.42 bits per heavy atom. The van der Waals surface area contributed by atoms with Gasteiger partial charge in [-0.25, -0.2) is 14.8 Å². The van der Waals surface area contributed by atoms with Crippen LogP contribution in [0.4, 0.5) is 0 Å². The van der Waals surface area contributed by atoms with Gasteiger partial charge in [0.2, 0.25) is 0 Å². The largest absolute Gasteiger partial charge is 0.466 e. The van der Waals surface area contributed by atoms with Gasteiger partial charge in [0.25, 0.3) is 0 Å². The maximum atomic E-state index is 11.5. The molecule has 0 aliphatic carbocycles. The Labute approximate surface area is 111 Å². The molecule has 0 aromatic carbocycles. The standard InChI is InChI=1S/C14H15N3O2/c1-4-10(7-9(2)14(18)19-3)12-11-5-6-15-13(11)17-8-16-12/h4-8H,1-3H3,(H,15,16,17)/b9-7+,10-4+. The lowest BCUT2D eigenvalue weighted by atomic mass is 10.1. The number of aromatic nitrogens is 3. The van der Waals surface area contributed by atoms with Gasteiger partial charge in [-0.15, -0.1) is 0 Å². The molecule has 0 unspecified atom stereocenters. The average molecular weight is 257 g/mol. The second-order valence-corrected chi connectivity index (χ2v) is 4.03. The lowest BCUT2D eigenvalue weighted by Gasteiger charge is -2.04. The van der Waals surface area contributed by atoms with Gasteiger partial charge in [-0.1, -0.05) is 6.08 Å². The molecule has 0 bridgehead atoms. The predicted octanol–water partition coefficient (Wildman–Crippen LogP) is 2.48. The summed E-state index contributed by atoms with van der Waals surface area (Å²) >= 11 is 0. The Kier molecular flexibility index (Phi) is 3.75. The summed E-state index contributed by atoms with van der Waals surface area (Å²) in [6, 6.07) is 1.91. The van der Waals surface area contributed by atoms with Crippen molar-refractivity contribution < 1.29 is 9.53 Å². The fourth-order valence-electron chi connectivity index (χ4n) is 1.84. The van der Waals surface area contributed by atoms with E-state index in [0.29, 0.717) is 5.57 Å².